The summed E-state index contributed by atoms with van der Waals surface area (Å²) in [5.41, 5.74) is 7.41. The zero-order valence-corrected chi connectivity index (χ0v) is 11.6. The highest BCUT2D eigenvalue weighted by atomic mass is 32.1. The average molecular weight is 286 g/mol. The number of aromatic nitrogens is 3. The quantitative estimate of drug-likeness (QED) is 0.732. The number of anilines is 1. The minimum atomic E-state index is 0.519. The summed E-state index contributed by atoms with van der Waals surface area (Å²) in [6.07, 6.45) is 1.77. The van der Waals surface area contributed by atoms with Crippen molar-refractivity contribution in [2.75, 3.05) is 12.3 Å². The van der Waals surface area contributed by atoms with Gasteiger partial charge in [-0.3, -0.25) is 0 Å². The second-order valence-corrected chi connectivity index (χ2v) is 5.19. The van der Waals surface area contributed by atoms with Crippen molar-refractivity contribution < 1.29 is 4.74 Å². The van der Waals surface area contributed by atoms with Crippen LogP contribution in [0.2, 0.25) is 0 Å². The van der Waals surface area contributed by atoms with Crippen LogP contribution in [0, 0.1) is 0 Å². The number of ether oxygens (including phenoxy) is 1. The van der Waals surface area contributed by atoms with Crippen molar-refractivity contribution in [2.45, 2.75) is 6.54 Å². The molecule has 2 aromatic heterocycles. The molecule has 0 saturated heterocycles. The maximum atomic E-state index is 5.71. The third kappa shape index (κ3) is 2.80. The summed E-state index contributed by atoms with van der Waals surface area (Å²) in [4.78, 5) is 1.15. The molecule has 0 aliphatic rings. The largest absolute Gasteiger partial charge is 0.492 e. The summed E-state index contributed by atoms with van der Waals surface area (Å²) >= 11 is 1.67. The highest BCUT2D eigenvalue weighted by Crippen LogP contribution is 2.23. The summed E-state index contributed by atoms with van der Waals surface area (Å²) in [5, 5.41) is 10.1. The van der Waals surface area contributed by atoms with Gasteiger partial charge in [0.05, 0.1) is 23.3 Å². The molecule has 2 heterocycles. The summed E-state index contributed by atoms with van der Waals surface area (Å²) in [7, 11) is 0. The Morgan fingerprint density at radius 1 is 1.25 bits per heavy atom. The van der Waals surface area contributed by atoms with Gasteiger partial charge < -0.3 is 10.5 Å². The zero-order chi connectivity index (χ0) is 13.8. The molecule has 0 fully saturated rings. The van der Waals surface area contributed by atoms with Gasteiger partial charge in [0.15, 0.2) is 0 Å². The van der Waals surface area contributed by atoms with E-state index in [-0.39, 0.29) is 0 Å². The SMILES string of the molecule is Nc1cccc(OCCn2nncc2-c2cccs2)c1. The van der Waals surface area contributed by atoms with Crippen LogP contribution < -0.4 is 10.5 Å². The normalized spacial score (nSPS) is 10.6. The van der Waals surface area contributed by atoms with E-state index in [4.69, 9.17) is 10.5 Å². The van der Waals surface area contributed by atoms with Crippen molar-refractivity contribution >= 4 is 17.0 Å². The topological polar surface area (TPSA) is 66.0 Å². The van der Waals surface area contributed by atoms with Gasteiger partial charge in [-0.1, -0.05) is 17.3 Å². The summed E-state index contributed by atoms with van der Waals surface area (Å²) in [6, 6.07) is 11.5. The molecule has 0 spiro atoms. The van der Waals surface area contributed by atoms with Crippen LogP contribution in [-0.2, 0) is 6.54 Å². The van der Waals surface area contributed by atoms with Crippen LogP contribution in [0.4, 0.5) is 5.69 Å². The van der Waals surface area contributed by atoms with Crippen LogP contribution >= 0.6 is 11.3 Å². The maximum Gasteiger partial charge on any atom is 0.121 e. The highest BCUT2D eigenvalue weighted by molar-refractivity contribution is 7.13. The van der Waals surface area contributed by atoms with E-state index in [9.17, 15) is 0 Å². The van der Waals surface area contributed by atoms with E-state index in [0.29, 0.717) is 18.8 Å². The van der Waals surface area contributed by atoms with Crippen LogP contribution in [0.25, 0.3) is 10.6 Å². The Balaban J connectivity index is 1.64. The molecular weight excluding hydrogens is 272 g/mol. The number of nitrogen functional groups attached to an aromatic ring is 1. The third-order valence-corrected chi connectivity index (χ3v) is 3.71. The highest BCUT2D eigenvalue weighted by Gasteiger charge is 2.07. The minimum absolute atomic E-state index is 0.519. The van der Waals surface area contributed by atoms with E-state index >= 15 is 0 Å². The van der Waals surface area contributed by atoms with E-state index < -0.39 is 0 Å². The number of nitrogens with two attached hydrogens (primary N) is 1. The molecule has 0 atom stereocenters. The molecule has 0 unspecified atom stereocenters. The molecule has 20 heavy (non-hydrogen) atoms. The Kier molecular flexibility index (Phi) is 3.64. The van der Waals surface area contributed by atoms with Crippen LogP contribution in [-0.4, -0.2) is 21.6 Å². The Morgan fingerprint density at radius 2 is 2.20 bits per heavy atom. The van der Waals surface area contributed by atoms with Crippen LogP contribution in [0.5, 0.6) is 5.75 Å². The Labute approximate surface area is 120 Å². The Morgan fingerprint density at radius 3 is 3.00 bits per heavy atom. The van der Waals surface area contributed by atoms with Crippen LogP contribution in [0.15, 0.2) is 48.0 Å². The van der Waals surface area contributed by atoms with E-state index in [2.05, 4.69) is 16.4 Å². The zero-order valence-electron chi connectivity index (χ0n) is 10.8. The van der Waals surface area contributed by atoms with E-state index in [1.807, 2.05) is 40.4 Å². The van der Waals surface area contributed by atoms with Gasteiger partial charge >= 0.3 is 0 Å². The number of benzene rings is 1. The van der Waals surface area contributed by atoms with Crippen molar-refractivity contribution in [1.29, 1.82) is 0 Å². The Bertz CT molecular complexity index is 678. The molecule has 6 heteroatoms. The molecule has 5 nitrogen and oxygen atoms in total. The molecule has 0 amide bonds. The molecule has 0 bridgehead atoms. The van der Waals surface area contributed by atoms with Gasteiger partial charge in [-0.05, 0) is 23.6 Å². The first-order valence-corrected chi connectivity index (χ1v) is 7.11. The summed E-state index contributed by atoms with van der Waals surface area (Å²) in [5.74, 6) is 0.766. The molecule has 3 rings (SSSR count). The summed E-state index contributed by atoms with van der Waals surface area (Å²) in [6.45, 7) is 1.16. The van der Waals surface area contributed by atoms with Gasteiger partial charge in [0.2, 0.25) is 0 Å². The van der Waals surface area contributed by atoms with Gasteiger partial charge in [0.25, 0.3) is 0 Å². The fraction of sp³-hybridized carbons (Fsp3) is 0.143. The molecule has 0 radical (unpaired) electrons. The van der Waals surface area contributed by atoms with Crippen molar-refractivity contribution in [1.82, 2.24) is 15.0 Å². The number of nitrogens with zero attached hydrogens (tertiary/aromatic N) is 3. The molecule has 102 valence electrons. The van der Waals surface area contributed by atoms with Crippen molar-refractivity contribution in [3.63, 3.8) is 0 Å². The van der Waals surface area contributed by atoms with E-state index in [1.54, 1.807) is 17.5 Å². The molecule has 2 N–H and O–H groups in total. The molecular formula is C14H14N4OS. The third-order valence-electron chi connectivity index (χ3n) is 2.82. The molecule has 0 saturated carbocycles. The van der Waals surface area contributed by atoms with E-state index in [0.717, 1.165) is 16.3 Å². The van der Waals surface area contributed by atoms with E-state index in [1.165, 1.54) is 0 Å². The monoisotopic (exact) mass is 286 g/mol. The first-order chi connectivity index (χ1) is 9.83. The van der Waals surface area contributed by atoms with Gasteiger partial charge in [0, 0.05) is 11.8 Å². The Hall–Kier alpha value is -2.34. The van der Waals surface area contributed by atoms with Crippen molar-refractivity contribution in [2.24, 2.45) is 0 Å². The maximum absolute atomic E-state index is 5.71. The number of hydrogen-bond acceptors (Lipinski definition) is 5. The lowest BCUT2D eigenvalue weighted by Gasteiger charge is -2.08. The first-order valence-electron chi connectivity index (χ1n) is 6.23. The number of rotatable bonds is 5. The second kappa shape index (κ2) is 5.75. The van der Waals surface area contributed by atoms with Crippen molar-refractivity contribution in [3.8, 4) is 16.3 Å². The fourth-order valence-electron chi connectivity index (χ4n) is 1.89. The molecule has 1 aromatic carbocycles. The molecule has 0 aliphatic heterocycles. The molecule has 3 aromatic rings. The predicted octanol–water partition coefficient (Wildman–Crippen LogP) is 2.67. The van der Waals surface area contributed by atoms with Gasteiger partial charge in [0.1, 0.15) is 12.4 Å². The standard InChI is InChI=1S/C14H14N4OS/c15-11-3-1-4-12(9-11)19-7-6-18-13(10-16-17-18)14-5-2-8-20-14/h1-5,8-10H,6-7,15H2. The van der Waals surface area contributed by atoms with Gasteiger partial charge in [-0.15, -0.1) is 16.4 Å². The lowest BCUT2D eigenvalue weighted by atomic mass is 10.3. The van der Waals surface area contributed by atoms with Crippen LogP contribution in [0.3, 0.4) is 0 Å². The van der Waals surface area contributed by atoms with Crippen molar-refractivity contribution in [3.05, 3.63) is 48.0 Å². The lowest BCUT2D eigenvalue weighted by molar-refractivity contribution is 0.291. The van der Waals surface area contributed by atoms with Gasteiger partial charge in [-0.25, -0.2) is 4.68 Å². The predicted molar refractivity (Wildman–Crippen MR) is 79.7 cm³/mol. The number of thiophene rings is 1. The minimum Gasteiger partial charge on any atom is -0.492 e. The lowest BCUT2D eigenvalue weighted by Crippen LogP contribution is -2.10. The fourth-order valence-corrected chi connectivity index (χ4v) is 2.63. The summed E-state index contributed by atoms with van der Waals surface area (Å²) < 4.78 is 7.51. The second-order valence-electron chi connectivity index (χ2n) is 4.24. The van der Waals surface area contributed by atoms with Gasteiger partial charge in [-0.2, -0.15) is 0 Å². The average Bonchev–Trinajstić information content (AvgIpc) is 3.09. The molecule has 0 aliphatic carbocycles. The first kappa shape index (κ1) is 12.7. The van der Waals surface area contributed by atoms with Crippen LogP contribution in [0.1, 0.15) is 0 Å². The smallest absolute Gasteiger partial charge is 0.121 e. The number of hydrogen-bond donors (Lipinski definition) is 1.